The number of carbonyl (C=O) groups is 2. The third kappa shape index (κ3) is 7.26. The first kappa shape index (κ1) is 28.8. The Morgan fingerprint density at radius 3 is 2.56 bits per heavy atom. The maximum Gasteiger partial charge on any atom is 0.418 e. The van der Waals surface area contributed by atoms with Crippen molar-refractivity contribution in [2.45, 2.75) is 25.4 Å². The quantitative estimate of drug-likeness (QED) is 0.362. The van der Waals surface area contributed by atoms with Crippen molar-refractivity contribution in [3.8, 4) is 0 Å². The van der Waals surface area contributed by atoms with E-state index in [2.05, 4.69) is 35.1 Å². The van der Waals surface area contributed by atoms with Gasteiger partial charge in [-0.05, 0) is 6.07 Å². The summed E-state index contributed by atoms with van der Waals surface area (Å²) in [5.74, 6) is -0.877. The van der Waals surface area contributed by atoms with Crippen LogP contribution in [0, 0.1) is 0 Å². The smallest absolute Gasteiger partial charge is 0.395 e. The Hall–Kier alpha value is -3.20. The average molecular weight is 584 g/mol. The number of amides is 1. The van der Waals surface area contributed by atoms with Crippen LogP contribution >= 0.6 is 22.9 Å². The number of aliphatic hydroxyl groups excluding tert-OH is 1. The van der Waals surface area contributed by atoms with Crippen LogP contribution in [0.1, 0.15) is 50.0 Å². The van der Waals surface area contributed by atoms with E-state index < -0.39 is 22.7 Å². The van der Waals surface area contributed by atoms with Crippen molar-refractivity contribution in [2.75, 3.05) is 49.5 Å². The van der Waals surface area contributed by atoms with Crippen molar-refractivity contribution >= 4 is 46.3 Å². The molecule has 0 bridgehead atoms. The van der Waals surface area contributed by atoms with E-state index in [1.165, 1.54) is 12.5 Å². The zero-order valence-electron chi connectivity index (χ0n) is 20.8. The molecule has 1 unspecified atom stereocenters. The fourth-order valence-electron chi connectivity index (χ4n) is 4.01. The Kier molecular flexibility index (Phi) is 9.10. The van der Waals surface area contributed by atoms with Gasteiger partial charge in [-0.2, -0.15) is 13.2 Å². The first-order chi connectivity index (χ1) is 18.5. The number of halogens is 4. The van der Waals surface area contributed by atoms with Crippen LogP contribution in [-0.4, -0.2) is 81.0 Å². The van der Waals surface area contributed by atoms with Crippen LogP contribution in [-0.2, 0) is 6.18 Å². The molecule has 1 atom stereocenters. The number of pyridine rings is 1. The fourth-order valence-corrected chi connectivity index (χ4v) is 5.08. The molecule has 0 aliphatic carbocycles. The molecule has 3 aromatic heterocycles. The molecule has 0 spiro atoms. The minimum Gasteiger partial charge on any atom is -0.395 e. The minimum absolute atomic E-state index is 0.0863. The van der Waals surface area contributed by atoms with Crippen molar-refractivity contribution in [3.05, 3.63) is 57.0 Å². The average Bonchev–Trinajstić information content (AvgIpc) is 3.41. The highest BCUT2D eigenvalue weighted by molar-refractivity contribution is 7.13. The van der Waals surface area contributed by atoms with Crippen molar-refractivity contribution in [2.24, 2.45) is 0 Å². The molecule has 1 saturated heterocycles. The number of ketones is 1. The van der Waals surface area contributed by atoms with E-state index in [0.717, 1.165) is 30.6 Å². The summed E-state index contributed by atoms with van der Waals surface area (Å²) in [6, 6.07) is 2.32. The number of carbonyl (C=O) groups excluding carboxylic acids is 2. The number of β-amino-alcohol motifs (C(OH)–C–C–N with tert-alkyl or cyclic N) is 1. The number of rotatable bonds is 9. The van der Waals surface area contributed by atoms with Gasteiger partial charge in [-0.1, -0.05) is 18.5 Å². The van der Waals surface area contributed by atoms with Crippen molar-refractivity contribution < 1.29 is 27.9 Å². The van der Waals surface area contributed by atoms with E-state index in [4.69, 9.17) is 16.7 Å². The van der Waals surface area contributed by atoms with Gasteiger partial charge in [0, 0.05) is 57.3 Å². The number of alkyl halides is 3. The van der Waals surface area contributed by atoms with E-state index in [1.807, 2.05) is 0 Å². The maximum atomic E-state index is 13.1. The predicted molar refractivity (Wildman–Crippen MR) is 139 cm³/mol. The van der Waals surface area contributed by atoms with Crippen LogP contribution in [0.15, 0.2) is 30.9 Å². The summed E-state index contributed by atoms with van der Waals surface area (Å²) in [7, 11) is 0. The second-order valence-electron chi connectivity index (χ2n) is 8.91. The number of aliphatic hydroxyl groups is 1. The molecule has 3 aromatic rings. The Morgan fingerprint density at radius 1 is 1.13 bits per heavy atom. The van der Waals surface area contributed by atoms with E-state index in [-0.39, 0.29) is 41.1 Å². The molecule has 2 N–H and O–H groups in total. The summed E-state index contributed by atoms with van der Waals surface area (Å²) < 4.78 is 39.3. The molecule has 208 valence electrons. The van der Waals surface area contributed by atoms with Crippen LogP contribution < -0.4 is 10.2 Å². The highest BCUT2D eigenvalue weighted by Gasteiger charge is 2.34. The first-order valence-electron chi connectivity index (χ1n) is 12.0. The summed E-state index contributed by atoms with van der Waals surface area (Å²) in [5.41, 5.74) is -0.836. The van der Waals surface area contributed by atoms with Gasteiger partial charge < -0.3 is 15.3 Å². The topological polar surface area (TPSA) is 124 Å². The number of nitrogens with zero attached hydrogens (tertiary/aromatic N) is 6. The molecule has 4 heterocycles. The zero-order valence-corrected chi connectivity index (χ0v) is 22.4. The van der Waals surface area contributed by atoms with Gasteiger partial charge in [0.25, 0.3) is 5.91 Å². The standard InChI is InChI=1S/C24H25ClF3N7O3S/c1-14(8-18(37)17-10-21(32-13-31-17)35-4-2-34(3-5-35)6-7-36)23-30-12-19(39-23)22(38)33-20-9-15(24(26,27)28)16(25)11-29-20/h9-14,36H,2-8H2,1H3,(H,29,33,38). The van der Waals surface area contributed by atoms with Gasteiger partial charge in [-0.3, -0.25) is 14.5 Å². The number of Topliss-reactive ketones (excluding diaryl/α,β-unsaturated/α-hetero) is 1. The molecule has 10 nitrogen and oxygen atoms in total. The molecule has 0 radical (unpaired) electrons. The molecular formula is C24H25ClF3N7O3S. The molecule has 1 aliphatic rings. The third-order valence-corrected chi connectivity index (χ3v) is 7.64. The fraction of sp³-hybridized carbons (Fsp3) is 0.417. The molecule has 15 heteroatoms. The lowest BCUT2D eigenvalue weighted by Gasteiger charge is -2.35. The van der Waals surface area contributed by atoms with E-state index in [9.17, 15) is 22.8 Å². The number of aromatic nitrogens is 4. The second kappa shape index (κ2) is 12.3. The Labute approximate surface area is 230 Å². The second-order valence-corrected chi connectivity index (χ2v) is 10.4. The lowest BCUT2D eigenvalue weighted by atomic mass is 10.0. The summed E-state index contributed by atoms with van der Waals surface area (Å²) >= 11 is 6.61. The van der Waals surface area contributed by atoms with Gasteiger partial charge in [-0.25, -0.2) is 19.9 Å². The monoisotopic (exact) mass is 583 g/mol. The van der Waals surface area contributed by atoms with Crippen LogP contribution in [0.2, 0.25) is 5.02 Å². The van der Waals surface area contributed by atoms with Gasteiger partial charge in [-0.15, -0.1) is 11.3 Å². The van der Waals surface area contributed by atoms with Crippen molar-refractivity contribution in [1.29, 1.82) is 0 Å². The highest BCUT2D eigenvalue weighted by Crippen LogP contribution is 2.35. The molecule has 0 aromatic carbocycles. The zero-order chi connectivity index (χ0) is 28.2. The summed E-state index contributed by atoms with van der Waals surface area (Å²) in [4.78, 5) is 46.3. The van der Waals surface area contributed by atoms with Crippen LogP contribution in [0.3, 0.4) is 0 Å². The van der Waals surface area contributed by atoms with Gasteiger partial charge in [0.1, 0.15) is 28.5 Å². The largest absolute Gasteiger partial charge is 0.418 e. The number of piperazine rings is 1. The lowest BCUT2D eigenvalue weighted by Crippen LogP contribution is -2.47. The molecule has 4 rings (SSSR count). The van der Waals surface area contributed by atoms with Gasteiger partial charge in [0.2, 0.25) is 0 Å². The molecule has 39 heavy (non-hydrogen) atoms. The number of hydrogen-bond acceptors (Lipinski definition) is 10. The van der Waals surface area contributed by atoms with Gasteiger partial charge in [0.15, 0.2) is 5.78 Å². The molecular weight excluding hydrogens is 559 g/mol. The first-order valence-corrected chi connectivity index (χ1v) is 13.2. The van der Waals surface area contributed by atoms with E-state index in [1.54, 1.807) is 13.0 Å². The highest BCUT2D eigenvalue weighted by atomic mass is 35.5. The van der Waals surface area contributed by atoms with Gasteiger partial charge >= 0.3 is 6.18 Å². The van der Waals surface area contributed by atoms with Crippen LogP contribution in [0.4, 0.5) is 24.8 Å². The number of nitrogens with one attached hydrogen (secondary N) is 1. The minimum atomic E-state index is -4.70. The third-order valence-electron chi connectivity index (χ3n) is 6.11. The SMILES string of the molecule is CC(CC(=O)c1cc(N2CCN(CCO)CC2)ncn1)c1ncc(C(=O)Nc2cc(C(F)(F)F)c(Cl)cn2)s1. The Morgan fingerprint density at radius 2 is 1.87 bits per heavy atom. The Balaban J connectivity index is 1.37. The molecule has 1 amide bonds. The van der Waals surface area contributed by atoms with Crippen molar-refractivity contribution in [3.63, 3.8) is 0 Å². The van der Waals surface area contributed by atoms with Gasteiger partial charge in [0.05, 0.1) is 28.4 Å². The summed E-state index contributed by atoms with van der Waals surface area (Å²) in [6.45, 7) is 5.51. The molecule has 1 aliphatic heterocycles. The van der Waals surface area contributed by atoms with Crippen LogP contribution in [0.25, 0.3) is 0 Å². The van der Waals surface area contributed by atoms with E-state index >= 15 is 0 Å². The number of hydrogen-bond donors (Lipinski definition) is 2. The summed E-state index contributed by atoms with van der Waals surface area (Å²) in [5, 5.41) is 11.4. The van der Waals surface area contributed by atoms with Crippen LogP contribution in [0.5, 0.6) is 0 Å². The number of anilines is 2. The maximum absolute atomic E-state index is 13.1. The number of thiazole rings is 1. The molecule has 0 saturated carbocycles. The Bertz CT molecular complexity index is 1330. The normalized spacial score (nSPS) is 15.3. The van der Waals surface area contributed by atoms with E-state index in [0.29, 0.717) is 36.5 Å². The predicted octanol–water partition coefficient (Wildman–Crippen LogP) is 3.74. The lowest BCUT2D eigenvalue weighted by molar-refractivity contribution is -0.137. The molecule has 1 fully saturated rings. The van der Waals surface area contributed by atoms with Crippen molar-refractivity contribution in [1.82, 2.24) is 24.8 Å². The summed E-state index contributed by atoms with van der Waals surface area (Å²) in [6.07, 6.45) is -1.13.